The van der Waals surface area contributed by atoms with Gasteiger partial charge in [-0.1, -0.05) is 158 Å². The second kappa shape index (κ2) is 11.9. The van der Waals surface area contributed by atoms with E-state index in [2.05, 4.69) is 109 Å². The molecule has 1 aliphatic rings. The molecule has 230 valence electrons. The maximum atomic E-state index is 4.99. The van der Waals surface area contributed by atoms with Crippen LogP contribution >= 0.6 is 0 Å². The van der Waals surface area contributed by atoms with Crippen molar-refractivity contribution in [3.63, 3.8) is 0 Å². The average molecular weight is 627 g/mol. The molecule has 8 aromatic rings. The average Bonchev–Trinajstić information content (AvgIpc) is 3.49. The quantitative estimate of drug-likeness (QED) is 0.184. The largest absolute Gasteiger partial charge is 0.260 e. The monoisotopic (exact) mass is 626 g/mol. The molecule has 4 heteroatoms. The molecule has 0 bridgehead atoms. The van der Waals surface area contributed by atoms with E-state index in [0.717, 1.165) is 33.5 Å². The fraction of sp³-hybridized carbons (Fsp3) is 0.0222. The maximum Gasteiger partial charge on any atom is 0.164 e. The zero-order chi connectivity index (χ0) is 32.6. The van der Waals surface area contributed by atoms with E-state index >= 15 is 0 Å². The predicted octanol–water partition coefficient (Wildman–Crippen LogP) is 10.3. The van der Waals surface area contributed by atoms with E-state index < -0.39 is 5.41 Å². The lowest BCUT2D eigenvalue weighted by Crippen LogP contribution is -2.29. The molecule has 0 aliphatic heterocycles. The van der Waals surface area contributed by atoms with Crippen molar-refractivity contribution < 1.29 is 0 Å². The first kappa shape index (κ1) is 28.7. The summed E-state index contributed by atoms with van der Waals surface area (Å²) in [6.45, 7) is 0. The van der Waals surface area contributed by atoms with E-state index in [9.17, 15) is 0 Å². The van der Waals surface area contributed by atoms with Crippen LogP contribution in [0.5, 0.6) is 0 Å². The Kier molecular flexibility index (Phi) is 6.98. The Labute approximate surface area is 285 Å². The lowest BCUT2D eigenvalue weighted by atomic mass is 9.69. The minimum atomic E-state index is -0.545. The summed E-state index contributed by atoms with van der Waals surface area (Å²) in [5.41, 5.74) is 11.7. The molecule has 4 nitrogen and oxygen atoms in total. The normalized spacial score (nSPS) is 14.6. The highest BCUT2D eigenvalue weighted by atomic mass is 15.0. The molecule has 0 radical (unpaired) electrons. The van der Waals surface area contributed by atoms with Gasteiger partial charge in [0.1, 0.15) is 0 Å². The Morgan fingerprint density at radius 2 is 0.837 bits per heavy atom. The molecule has 0 amide bonds. The van der Waals surface area contributed by atoms with Crippen molar-refractivity contribution >= 4 is 0 Å². The van der Waals surface area contributed by atoms with Crippen molar-refractivity contribution in [1.82, 2.24) is 19.9 Å². The summed E-state index contributed by atoms with van der Waals surface area (Å²) in [5.74, 6) is 1.94. The van der Waals surface area contributed by atoms with E-state index in [-0.39, 0.29) is 0 Å². The van der Waals surface area contributed by atoms with Gasteiger partial charge in [0, 0.05) is 22.9 Å². The Morgan fingerprint density at radius 1 is 0.347 bits per heavy atom. The molecule has 0 saturated carbocycles. The van der Waals surface area contributed by atoms with Gasteiger partial charge in [0.25, 0.3) is 0 Å². The van der Waals surface area contributed by atoms with Gasteiger partial charge in [-0.2, -0.15) is 0 Å². The third kappa shape index (κ3) is 4.85. The third-order valence-electron chi connectivity index (χ3n) is 9.48. The van der Waals surface area contributed by atoms with Crippen molar-refractivity contribution in [3.05, 3.63) is 205 Å². The van der Waals surface area contributed by atoms with E-state index in [1.165, 1.54) is 27.8 Å². The zero-order valence-electron chi connectivity index (χ0n) is 26.6. The van der Waals surface area contributed by atoms with Crippen LogP contribution in [0, 0.1) is 0 Å². The molecule has 0 fully saturated rings. The Bertz CT molecular complexity index is 2310. The van der Waals surface area contributed by atoms with Gasteiger partial charge in [-0.05, 0) is 57.1 Å². The van der Waals surface area contributed by atoms with E-state index in [0.29, 0.717) is 17.5 Å². The second-order valence-electron chi connectivity index (χ2n) is 12.3. The minimum absolute atomic E-state index is 0.545. The van der Waals surface area contributed by atoms with Gasteiger partial charge in [0.15, 0.2) is 17.5 Å². The minimum Gasteiger partial charge on any atom is -0.260 e. The van der Waals surface area contributed by atoms with E-state index in [4.69, 9.17) is 19.9 Å². The molecule has 1 unspecified atom stereocenters. The van der Waals surface area contributed by atoms with Gasteiger partial charge in [-0.3, -0.25) is 4.98 Å². The van der Waals surface area contributed by atoms with Crippen molar-refractivity contribution in [1.29, 1.82) is 0 Å². The molecule has 0 N–H and O–H groups in total. The number of pyridine rings is 1. The van der Waals surface area contributed by atoms with Crippen molar-refractivity contribution in [2.24, 2.45) is 0 Å². The molecule has 1 atom stereocenters. The number of hydrogen-bond acceptors (Lipinski definition) is 4. The number of rotatable bonds is 6. The highest BCUT2D eigenvalue weighted by molar-refractivity contribution is 5.88. The number of nitrogens with zero attached hydrogens (tertiary/aromatic N) is 4. The number of fused-ring (bicyclic) bond motifs is 3. The fourth-order valence-corrected chi connectivity index (χ4v) is 7.22. The first-order valence-electron chi connectivity index (χ1n) is 16.5. The molecule has 0 spiro atoms. The van der Waals surface area contributed by atoms with E-state index in [1.807, 2.05) is 72.9 Å². The molecular weight excluding hydrogens is 597 g/mol. The van der Waals surface area contributed by atoms with Crippen LogP contribution < -0.4 is 0 Å². The van der Waals surface area contributed by atoms with Gasteiger partial charge in [0.05, 0.1) is 11.1 Å². The Hall–Kier alpha value is -6.52. The Balaban J connectivity index is 1.17. The van der Waals surface area contributed by atoms with Gasteiger partial charge >= 0.3 is 0 Å². The molecule has 6 aromatic carbocycles. The van der Waals surface area contributed by atoms with Crippen LogP contribution in [0.15, 0.2) is 182 Å². The van der Waals surface area contributed by atoms with Crippen LogP contribution in [-0.4, -0.2) is 19.9 Å². The van der Waals surface area contributed by atoms with Crippen LogP contribution in [0.25, 0.3) is 56.4 Å². The summed E-state index contributed by atoms with van der Waals surface area (Å²) in [4.78, 5) is 19.7. The van der Waals surface area contributed by atoms with E-state index in [1.54, 1.807) is 0 Å². The molecule has 49 heavy (non-hydrogen) atoms. The highest BCUT2D eigenvalue weighted by Gasteiger charge is 2.47. The summed E-state index contributed by atoms with van der Waals surface area (Å²) < 4.78 is 0. The van der Waals surface area contributed by atoms with Gasteiger partial charge in [-0.25, -0.2) is 15.0 Å². The molecular formula is C45H30N4. The lowest BCUT2D eigenvalue weighted by molar-refractivity contribution is 0.735. The topological polar surface area (TPSA) is 51.6 Å². The Morgan fingerprint density at radius 3 is 1.45 bits per heavy atom. The number of hydrogen-bond donors (Lipinski definition) is 0. The van der Waals surface area contributed by atoms with Crippen molar-refractivity contribution in [3.8, 4) is 56.4 Å². The first-order chi connectivity index (χ1) is 24.3. The van der Waals surface area contributed by atoms with Crippen LogP contribution in [0.3, 0.4) is 0 Å². The number of benzene rings is 6. The van der Waals surface area contributed by atoms with Crippen molar-refractivity contribution in [2.45, 2.75) is 5.41 Å². The summed E-state index contributed by atoms with van der Waals surface area (Å²) >= 11 is 0. The van der Waals surface area contributed by atoms with Gasteiger partial charge < -0.3 is 0 Å². The molecule has 2 heterocycles. The van der Waals surface area contributed by atoms with Crippen LogP contribution in [0.4, 0.5) is 0 Å². The summed E-state index contributed by atoms with van der Waals surface area (Å²) in [6, 6.07) is 61.3. The molecule has 1 aliphatic carbocycles. The first-order valence-corrected chi connectivity index (χ1v) is 16.5. The summed E-state index contributed by atoms with van der Waals surface area (Å²) in [7, 11) is 0. The lowest BCUT2D eigenvalue weighted by Gasteiger charge is -2.32. The SMILES string of the molecule is c1ccc(-c2nc(-c3ccccc3)nc(-c3ccc(-c4ccc5c(c4)C(c4ccccc4)(c4ccccn4)c4ccccc4-5)cc3)n2)cc1. The maximum absolute atomic E-state index is 4.99. The third-order valence-corrected chi connectivity index (χ3v) is 9.48. The predicted molar refractivity (Wildman–Crippen MR) is 197 cm³/mol. The number of aromatic nitrogens is 4. The van der Waals surface area contributed by atoms with Crippen LogP contribution in [-0.2, 0) is 5.41 Å². The highest BCUT2D eigenvalue weighted by Crippen LogP contribution is 2.56. The summed E-state index contributed by atoms with van der Waals surface area (Å²) in [5, 5.41) is 0. The van der Waals surface area contributed by atoms with Gasteiger partial charge in [-0.15, -0.1) is 0 Å². The van der Waals surface area contributed by atoms with Crippen LogP contribution in [0.2, 0.25) is 0 Å². The summed E-state index contributed by atoms with van der Waals surface area (Å²) in [6.07, 6.45) is 1.90. The van der Waals surface area contributed by atoms with Gasteiger partial charge in [0.2, 0.25) is 0 Å². The van der Waals surface area contributed by atoms with Crippen molar-refractivity contribution in [2.75, 3.05) is 0 Å². The molecule has 9 rings (SSSR count). The zero-order valence-corrected chi connectivity index (χ0v) is 26.6. The fourth-order valence-electron chi connectivity index (χ4n) is 7.22. The smallest absolute Gasteiger partial charge is 0.164 e. The second-order valence-corrected chi connectivity index (χ2v) is 12.3. The molecule has 0 saturated heterocycles. The molecule has 2 aromatic heterocycles. The standard InChI is InChI=1S/C45H30N4/c1-4-14-32(15-5-1)42-47-43(33-16-6-2-7-17-33)49-44(48-42)34-25-23-31(24-26-34)35-27-28-38-37-20-10-11-21-39(37)45(40(38)30-35,36-18-8-3-9-19-36)41-22-12-13-29-46-41/h1-30H. The van der Waals surface area contributed by atoms with Crippen LogP contribution in [0.1, 0.15) is 22.4 Å².